The van der Waals surface area contributed by atoms with Gasteiger partial charge in [0.1, 0.15) is 12.1 Å². The second-order valence-electron chi connectivity index (χ2n) is 4.93. The highest BCUT2D eigenvalue weighted by Crippen LogP contribution is 2.32. The van der Waals surface area contributed by atoms with Crippen molar-refractivity contribution in [1.29, 1.82) is 0 Å². The average Bonchev–Trinajstić information content (AvgIpc) is 2.81. The first-order valence-electron chi connectivity index (χ1n) is 6.34. The minimum Gasteiger partial charge on any atom is -0.396 e. The Morgan fingerprint density at radius 3 is 3.22 bits per heavy atom. The molecule has 1 atom stereocenters. The van der Waals surface area contributed by atoms with Gasteiger partial charge in [-0.1, -0.05) is 0 Å². The van der Waals surface area contributed by atoms with Crippen LogP contribution in [0.1, 0.15) is 18.4 Å². The van der Waals surface area contributed by atoms with Crippen LogP contribution in [0.15, 0.2) is 11.7 Å². The second kappa shape index (κ2) is 4.82. The molecule has 1 N–H and O–H groups in total. The molecule has 1 aliphatic rings. The van der Waals surface area contributed by atoms with Gasteiger partial charge in [0.25, 0.3) is 0 Å². The molecule has 0 amide bonds. The molecule has 0 saturated carbocycles. The van der Waals surface area contributed by atoms with Gasteiger partial charge in [0, 0.05) is 19.7 Å². The lowest BCUT2D eigenvalue weighted by Crippen LogP contribution is -2.37. The van der Waals surface area contributed by atoms with E-state index in [0.717, 1.165) is 37.3 Å². The molecule has 0 aromatic carbocycles. The zero-order valence-corrected chi connectivity index (χ0v) is 11.3. The summed E-state index contributed by atoms with van der Waals surface area (Å²) in [7, 11) is 0. The number of hydrogen-bond donors (Lipinski definition) is 1. The molecule has 3 rings (SSSR count). The number of rotatable bonds is 2. The maximum Gasteiger partial charge on any atom is 0.150 e. The molecule has 96 valence electrons. The normalized spacial score (nSPS) is 20.6. The molecule has 3 heterocycles. The molecule has 1 saturated heterocycles. The van der Waals surface area contributed by atoms with Crippen LogP contribution < -0.4 is 4.90 Å². The van der Waals surface area contributed by atoms with Crippen molar-refractivity contribution in [3.63, 3.8) is 0 Å². The van der Waals surface area contributed by atoms with E-state index in [-0.39, 0.29) is 6.61 Å². The Morgan fingerprint density at radius 1 is 1.50 bits per heavy atom. The predicted octanol–water partition coefficient (Wildman–Crippen LogP) is 2.21. The molecule has 1 unspecified atom stereocenters. The molecule has 5 heteroatoms. The summed E-state index contributed by atoms with van der Waals surface area (Å²) in [5.41, 5.74) is 2.28. The summed E-state index contributed by atoms with van der Waals surface area (Å²) in [5.74, 6) is 1.42. The van der Waals surface area contributed by atoms with E-state index in [1.54, 1.807) is 17.7 Å². The Kier molecular flexibility index (Phi) is 3.18. The summed E-state index contributed by atoms with van der Waals surface area (Å²) < 4.78 is 1.17. The zero-order valence-electron chi connectivity index (χ0n) is 10.5. The number of aryl methyl sites for hydroxylation is 1. The van der Waals surface area contributed by atoms with E-state index in [2.05, 4.69) is 27.2 Å². The van der Waals surface area contributed by atoms with Crippen molar-refractivity contribution in [1.82, 2.24) is 9.97 Å². The Balaban J connectivity index is 1.98. The van der Waals surface area contributed by atoms with Crippen molar-refractivity contribution < 1.29 is 5.11 Å². The van der Waals surface area contributed by atoms with Gasteiger partial charge in [-0.3, -0.25) is 0 Å². The first-order chi connectivity index (χ1) is 8.79. The second-order valence-corrected chi connectivity index (χ2v) is 5.81. The van der Waals surface area contributed by atoms with Crippen LogP contribution in [0.2, 0.25) is 0 Å². The topological polar surface area (TPSA) is 49.2 Å². The summed E-state index contributed by atoms with van der Waals surface area (Å²) in [4.78, 5) is 11.1. The number of hydrogen-bond acceptors (Lipinski definition) is 5. The number of nitrogens with zero attached hydrogens (tertiary/aromatic N) is 3. The van der Waals surface area contributed by atoms with Crippen LogP contribution in [0, 0.1) is 12.8 Å². The van der Waals surface area contributed by atoms with E-state index in [1.165, 1.54) is 10.3 Å². The van der Waals surface area contributed by atoms with Crippen molar-refractivity contribution >= 4 is 27.4 Å². The lowest BCUT2D eigenvalue weighted by atomic mass is 9.99. The van der Waals surface area contributed by atoms with Gasteiger partial charge in [-0.2, -0.15) is 0 Å². The summed E-state index contributed by atoms with van der Waals surface area (Å²) in [6, 6.07) is 0. The molecule has 1 aliphatic heterocycles. The molecule has 0 radical (unpaired) electrons. The fourth-order valence-corrected chi connectivity index (χ4v) is 3.61. The number of aliphatic hydroxyl groups excluding tert-OH is 1. The first-order valence-corrected chi connectivity index (χ1v) is 7.22. The van der Waals surface area contributed by atoms with Gasteiger partial charge in [-0.15, -0.1) is 11.3 Å². The fourth-order valence-electron chi connectivity index (χ4n) is 2.59. The molecular formula is C13H17N3OS. The minimum absolute atomic E-state index is 0.272. The molecular weight excluding hydrogens is 246 g/mol. The largest absolute Gasteiger partial charge is 0.396 e. The minimum atomic E-state index is 0.272. The SMILES string of the molecule is Cc1csc2c(N3CCCC(CO)C3)ncnc12. The zero-order chi connectivity index (χ0) is 12.5. The number of aromatic nitrogens is 2. The molecule has 1 fully saturated rings. The highest BCUT2D eigenvalue weighted by Gasteiger charge is 2.22. The van der Waals surface area contributed by atoms with Crippen LogP contribution in [0.3, 0.4) is 0 Å². The molecule has 0 aliphatic carbocycles. The summed E-state index contributed by atoms with van der Waals surface area (Å²) >= 11 is 1.71. The number of thiophene rings is 1. The highest BCUT2D eigenvalue weighted by molar-refractivity contribution is 7.18. The summed E-state index contributed by atoms with van der Waals surface area (Å²) in [6.07, 6.45) is 3.89. The van der Waals surface area contributed by atoms with E-state index in [4.69, 9.17) is 0 Å². The van der Waals surface area contributed by atoms with Crippen molar-refractivity contribution in [3.8, 4) is 0 Å². The van der Waals surface area contributed by atoms with Crippen LogP contribution in [-0.4, -0.2) is 34.8 Å². The Morgan fingerprint density at radius 2 is 2.39 bits per heavy atom. The predicted molar refractivity (Wildman–Crippen MR) is 74.2 cm³/mol. The lowest BCUT2D eigenvalue weighted by molar-refractivity contribution is 0.208. The van der Waals surface area contributed by atoms with Crippen molar-refractivity contribution in [2.75, 3.05) is 24.6 Å². The third kappa shape index (κ3) is 1.97. The van der Waals surface area contributed by atoms with E-state index in [0.29, 0.717) is 5.92 Å². The van der Waals surface area contributed by atoms with Crippen molar-refractivity contribution in [3.05, 3.63) is 17.3 Å². The fraction of sp³-hybridized carbons (Fsp3) is 0.538. The number of piperidine rings is 1. The van der Waals surface area contributed by atoms with E-state index in [9.17, 15) is 5.11 Å². The van der Waals surface area contributed by atoms with Gasteiger partial charge in [0.15, 0.2) is 0 Å². The van der Waals surface area contributed by atoms with Crippen LogP contribution in [0.25, 0.3) is 10.2 Å². The Bertz CT molecular complexity index is 554. The first kappa shape index (κ1) is 11.9. The van der Waals surface area contributed by atoms with E-state index >= 15 is 0 Å². The molecule has 4 nitrogen and oxygen atoms in total. The summed E-state index contributed by atoms with van der Waals surface area (Å²) in [5, 5.41) is 11.5. The Labute approximate surface area is 110 Å². The quantitative estimate of drug-likeness (QED) is 0.902. The van der Waals surface area contributed by atoms with Crippen molar-refractivity contribution in [2.45, 2.75) is 19.8 Å². The smallest absolute Gasteiger partial charge is 0.150 e. The van der Waals surface area contributed by atoms with Gasteiger partial charge in [-0.25, -0.2) is 9.97 Å². The molecule has 18 heavy (non-hydrogen) atoms. The van der Waals surface area contributed by atoms with E-state index < -0.39 is 0 Å². The molecule has 0 bridgehead atoms. The number of fused-ring (bicyclic) bond motifs is 1. The van der Waals surface area contributed by atoms with Gasteiger partial charge in [-0.05, 0) is 36.6 Å². The molecule has 0 spiro atoms. The van der Waals surface area contributed by atoms with Crippen LogP contribution in [-0.2, 0) is 0 Å². The third-order valence-electron chi connectivity index (χ3n) is 3.59. The summed E-state index contributed by atoms with van der Waals surface area (Å²) in [6.45, 7) is 4.29. The molecule has 2 aromatic rings. The average molecular weight is 263 g/mol. The standard InChI is InChI=1S/C13H17N3OS/c1-9-7-18-12-11(9)14-8-15-13(12)16-4-2-3-10(5-16)6-17/h7-8,10,17H,2-6H2,1H3. The van der Waals surface area contributed by atoms with Crippen molar-refractivity contribution in [2.24, 2.45) is 5.92 Å². The maximum absolute atomic E-state index is 9.32. The highest BCUT2D eigenvalue weighted by atomic mass is 32.1. The number of aliphatic hydroxyl groups is 1. The van der Waals surface area contributed by atoms with Gasteiger partial charge in [0.05, 0.1) is 10.2 Å². The monoisotopic (exact) mass is 263 g/mol. The molecule has 2 aromatic heterocycles. The van der Waals surface area contributed by atoms with Crippen LogP contribution in [0.5, 0.6) is 0 Å². The van der Waals surface area contributed by atoms with Gasteiger partial charge >= 0.3 is 0 Å². The lowest BCUT2D eigenvalue weighted by Gasteiger charge is -2.32. The van der Waals surface area contributed by atoms with Gasteiger partial charge < -0.3 is 10.0 Å². The van der Waals surface area contributed by atoms with Gasteiger partial charge in [0.2, 0.25) is 0 Å². The number of anilines is 1. The third-order valence-corrected chi connectivity index (χ3v) is 4.67. The van der Waals surface area contributed by atoms with E-state index in [1.807, 2.05) is 0 Å². The van der Waals surface area contributed by atoms with Crippen LogP contribution >= 0.6 is 11.3 Å². The maximum atomic E-state index is 9.32. The Hall–Kier alpha value is -1.20. The van der Waals surface area contributed by atoms with Crippen LogP contribution in [0.4, 0.5) is 5.82 Å².